The van der Waals surface area contributed by atoms with E-state index >= 15 is 0 Å². The van der Waals surface area contributed by atoms with Gasteiger partial charge in [0.05, 0.1) is 33.8 Å². The Hall–Kier alpha value is -3.07. The Morgan fingerprint density at radius 1 is 0.507 bits per heavy atom. The molecule has 10 heteroatoms. The maximum Gasteiger partial charge on any atom is 0.306 e. The summed E-state index contributed by atoms with van der Waals surface area (Å²) in [5.41, 5.74) is 0. The van der Waals surface area contributed by atoms with E-state index in [1.807, 2.05) is 27.2 Å². The molecule has 0 fully saturated rings. The highest BCUT2D eigenvalue weighted by Gasteiger charge is 2.27. The molecule has 0 spiro atoms. The Balaban J connectivity index is 5.40. The van der Waals surface area contributed by atoms with E-state index < -0.39 is 26.6 Å². The molecule has 0 aromatic rings. The van der Waals surface area contributed by atoms with Gasteiger partial charge in [-0.1, -0.05) is 202 Å². The third kappa shape index (κ3) is 51.6. The van der Waals surface area contributed by atoms with Crippen LogP contribution in [0.15, 0.2) is 97.2 Å². The van der Waals surface area contributed by atoms with Crippen LogP contribution >= 0.6 is 7.82 Å². The van der Waals surface area contributed by atoms with Gasteiger partial charge in [-0.3, -0.25) is 14.2 Å². The molecule has 0 bridgehead atoms. The third-order valence-corrected chi connectivity index (χ3v) is 13.0. The van der Waals surface area contributed by atoms with Crippen LogP contribution in [0.1, 0.15) is 226 Å². The molecule has 0 heterocycles. The third-order valence-electron chi connectivity index (χ3n) is 12.0. The second kappa shape index (κ2) is 50.5. The Morgan fingerprint density at radius 3 is 1.38 bits per heavy atom. The number of phosphoric ester groups is 1. The standard InChI is InChI=1S/C61H107N2O7P/c1-7-10-13-16-19-22-25-27-28-29-30-31-32-33-34-36-38-41-44-47-50-53-60(64)62-58(57-69-71(66,67)68-56-55-63(4,5)6)59(52-49-46-43-40-37-24-21-18-15-12-9-3)70-61(65)54-51-48-45-42-39-35-26-23-20-17-14-11-8-2/h10,13,19,22,27-28,30-31,33-35,38-39,41,49,52,58-59H,7-9,11-12,14-18,20-21,23-26,29,32,36-37,40,42-48,50-51,53-57H2,1-6H3,(H-,62,64,66,67)/b13-10-,22-19-,28-27-,31-30-,34-33-,39-35-,41-38-,52-49-. The van der Waals surface area contributed by atoms with Crippen molar-refractivity contribution in [1.29, 1.82) is 0 Å². The summed E-state index contributed by atoms with van der Waals surface area (Å²) in [5.74, 6) is -0.618. The Labute approximate surface area is 437 Å². The number of quaternary nitrogens is 1. The van der Waals surface area contributed by atoms with Crippen molar-refractivity contribution < 1.29 is 37.3 Å². The summed E-state index contributed by atoms with van der Waals surface area (Å²) in [4.78, 5) is 39.8. The lowest BCUT2D eigenvalue weighted by atomic mass is 10.1. The van der Waals surface area contributed by atoms with E-state index in [4.69, 9.17) is 13.8 Å². The number of hydrogen-bond donors (Lipinski definition) is 1. The highest BCUT2D eigenvalue weighted by Crippen LogP contribution is 2.38. The lowest BCUT2D eigenvalue weighted by molar-refractivity contribution is -0.870. The minimum Gasteiger partial charge on any atom is -0.756 e. The van der Waals surface area contributed by atoms with Crippen LogP contribution in [-0.4, -0.2) is 69.4 Å². The summed E-state index contributed by atoms with van der Waals surface area (Å²) in [6.45, 7) is 6.65. The Bertz CT molecular complexity index is 1540. The molecule has 3 atom stereocenters. The van der Waals surface area contributed by atoms with Crippen LogP contribution in [0.25, 0.3) is 0 Å². The smallest absolute Gasteiger partial charge is 0.306 e. The molecule has 9 nitrogen and oxygen atoms in total. The van der Waals surface area contributed by atoms with Crippen LogP contribution in [0, 0.1) is 0 Å². The van der Waals surface area contributed by atoms with Gasteiger partial charge in [-0.05, 0) is 109 Å². The number of unbranched alkanes of at least 4 members (excludes halogenated alkanes) is 20. The summed E-state index contributed by atoms with van der Waals surface area (Å²) in [6.07, 6.45) is 66.7. The van der Waals surface area contributed by atoms with E-state index in [-0.39, 0.29) is 31.3 Å². The first-order valence-corrected chi connectivity index (χ1v) is 30.0. The molecule has 0 aromatic heterocycles. The zero-order chi connectivity index (χ0) is 52.2. The maximum absolute atomic E-state index is 13.5. The predicted octanol–water partition coefficient (Wildman–Crippen LogP) is 16.6. The quantitative estimate of drug-likeness (QED) is 0.0212. The minimum atomic E-state index is -4.71. The number of likely N-dealkylation sites (N-methyl/N-ethyl adjacent to an activating group) is 1. The van der Waals surface area contributed by atoms with Gasteiger partial charge >= 0.3 is 5.97 Å². The molecule has 0 aromatic carbocycles. The molecule has 0 aliphatic heterocycles. The highest BCUT2D eigenvalue weighted by molar-refractivity contribution is 7.45. The number of amides is 1. The van der Waals surface area contributed by atoms with Crippen molar-refractivity contribution in [3.8, 4) is 0 Å². The van der Waals surface area contributed by atoms with Crippen LogP contribution in [0.2, 0.25) is 0 Å². The fraction of sp³-hybridized carbons (Fsp3) is 0.705. The molecule has 0 aliphatic rings. The fourth-order valence-corrected chi connectivity index (χ4v) is 8.30. The number of esters is 1. The van der Waals surface area contributed by atoms with Gasteiger partial charge in [0, 0.05) is 12.8 Å². The average molecular weight is 1010 g/mol. The maximum atomic E-state index is 13.5. The van der Waals surface area contributed by atoms with E-state index in [1.54, 1.807) is 6.08 Å². The van der Waals surface area contributed by atoms with Gasteiger partial charge in [0.15, 0.2) is 0 Å². The SMILES string of the molecule is CC/C=C\C/C=C\C/C=C\C/C=C\C/C=C\C/C=C\CCCCC(=O)NC(COP(=O)([O-])OCC[N+](C)(C)C)C(/C=C\CCCCCCCCCCC)OC(=O)CCCCC/C=C\CCCCCCCC. The van der Waals surface area contributed by atoms with Gasteiger partial charge in [-0.25, -0.2) is 0 Å². The summed E-state index contributed by atoms with van der Waals surface area (Å²) in [5, 5.41) is 2.99. The zero-order valence-corrected chi connectivity index (χ0v) is 47.3. The summed E-state index contributed by atoms with van der Waals surface area (Å²) in [6, 6.07) is -0.921. The predicted molar refractivity (Wildman–Crippen MR) is 302 cm³/mol. The van der Waals surface area contributed by atoms with Gasteiger partial charge < -0.3 is 28.5 Å². The van der Waals surface area contributed by atoms with Crippen LogP contribution in [-0.2, 0) is 27.9 Å². The first kappa shape index (κ1) is 67.9. The number of phosphoric acid groups is 1. The van der Waals surface area contributed by atoms with Gasteiger partial charge in [0.2, 0.25) is 5.91 Å². The number of nitrogens with one attached hydrogen (secondary N) is 1. The lowest BCUT2D eigenvalue weighted by Crippen LogP contribution is -2.47. The van der Waals surface area contributed by atoms with Crippen molar-refractivity contribution in [3.05, 3.63) is 97.2 Å². The monoisotopic (exact) mass is 1010 g/mol. The largest absolute Gasteiger partial charge is 0.756 e. The first-order chi connectivity index (χ1) is 34.4. The lowest BCUT2D eigenvalue weighted by Gasteiger charge is -2.30. The molecule has 0 aliphatic carbocycles. The minimum absolute atomic E-state index is 0.0377. The molecule has 71 heavy (non-hydrogen) atoms. The molecule has 3 unspecified atom stereocenters. The first-order valence-electron chi connectivity index (χ1n) is 28.5. The molecular formula is C61H107N2O7P. The zero-order valence-electron chi connectivity index (χ0n) is 46.4. The van der Waals surface area contributed by atoms with E-state index in [1.165, 1.54) is 83.5 Å². The van der Waals surface area contributed by atoms with Gasteiger partial charge in [-0.2, -0.15) is 0 Å². The van der Waals surface area contributed by atoms with E-state index in [0.29, 0.717) is 23.9 Å². The summed E-state index contributed by atoms with van der Waals surface area (Å²) < 4.78 is 30.1. The molecule has 1 amide bonds. The number of allylic oxidation sites excluding steroid dienone is 15. The number of ether oxygens (including phenoxy) is 1. The molecule has 0 saturated carbocycles. The number of nitrogens with zero attached hydrogens (tertiary/aromatic N) is 1. The second-order valence-electron chi connectivity index (χ2n) is 20.1. The molecule has 0 radical (unpaired) electrons. The van der Waals surface area contributed by atoms with E-state index in [2.05, 4.69) is 111 Å². The number of carbonyl (C=O) groups excluding carboxylic acids is 2. The molecule has 408 valence electrons. The van der Waals surface area contributed by atoms with Crippen LogP contribution in [0.5, 0.6) is 0 Å². The Kier molecular flexibility index (Phi) is 48.3. The van der Waals surface area contributed by atoms with Crippen LogP contribution in [0.3, 0.4) is 0 Å². The van der Waals surface area contributed by atoms with Crippen LogP contribution in [0.4, 0.5) is 0 Å². The topological polar surface area (TPSA) is 114 Å². The van der Waals surface area contributed by atoms with Crippen molar-refractivity contribution in [2.45, 2.75) is 238 Å². The average Bonchev–Trinajstić information content (AvgIpc) is 3.33. The summed E-state index contributed by atoms with van der Waals surface area (Å²) in [7, 11) is 1.13. The van der Waals surface area contributed by atoms with Crippen molar-refractivity contribution in [2.75, 3.05) is 40.9 Å². The van der Waals surface area contributed by atoms with Gasteiger partial charge in [0.1, 0.15) is 19.3 Å². The van der Waals surface area contributed by atoms with Crippen molar-refractivity contribution >= 4 is 19.7 Å². The normalized spacial score (nSPS) is 14.5. The van der Waals surface area contributed by atoms with Crippen LogP contribution < -0.4 is 10.2 Å². The second-order valence-corrected chi connectivity index (χ2v) is 21.5. The number of rotatable bonds is 50. The molecule has 0 rings (SSSR count). The van der Waals surface area contributed by atoms with E-state index in [0.717, 1.165) is 96.3 Å². The van der Waals surface area contributed by atoms with Crippen molar-refractivity contribution in [1.82, 2.24) is 5.32 Å². The van der Waals surface area contributed by atoms with E-state index in [9.17, 15) is 19.0 Å². The molecule has 1 N–H and O–H groups in total. The highest BCUT2D eigenvalue weighted by atomic mass is 31.2. The number of carbonyl (C=O) groups is 2. The summed E-state index contributed by atoms with van der Waals surface area (Å²) >= 11 is 0. The van der Waals surface area contributed by atoms with Gasteiger partial charge in [0.25, 0.3) is 7.82 Å². The van der Waals surface area contributed by atoms with Crippen molar-refractivity contribution in [2.24, 2.45) is 0 Å². The Morgan fingerprint density at radius 2 is 0.901 bits per heavy atom. The molecular weight excluding hydrogens is 904 g/mol. The van der Waals surface area contributed by atoms with Gasteiger partial charge in [-0.15, -0.1) is 0 Å². The van der Waals surface area contributed by atoms with Crippen molar-refractivity contribution in [3.63, 3.8) is 0 Å². The molecule has 0 saturated heterocycles. The number of hydrogen-bond acceptors (Lipinski definition) is 7. The fourth-order valence-electron chi connectivity index (χ4n) is 7.58.